The monoisotopic (exact) mass is 406 g/mol. The minimum absolute atomic E-state index is 0.00230. The van der Waals surface area contributed by atoms with Gasteiger partial charge in [-0.1, -0.05) is 12.1 Å². The first-order valence-electron chi connectivity index (χ1n) is 8.82. The maximum absolute atomic E-state index is 14.9. The number of aromatic nitrogens is 5. The van der Waals surface area contributed by atoms with Crippen LogP contribution in [0.2, 0.25) is 0 Å². The number of aromatic amines is 2. The van der Waals surface area contributed by atoms with E-state index in [0.717, 1.165) is 6.07 Å². The number of carbonyl (C=O) groups is 1. The number of hydrogen-bond donors (Lipinski definition) is 3. The molecule has 10 heteroatoms. The van der Waals surface area contributed by atoms with Crippen LogP contribution in [0, 0.1) is 11.6 Å². The van der Waals surface area contributed by atoms with Crippen molar-refractivity contribution in [1.82, 2.24) is 24.8 Å². The van der Waals surface area contributed by atoms with Gasteiger partial charge in [0.05, 0.1) is 16.5 Å². The van der Waals surface area contributed by atoms with E-state index >= 15 is 0 Å². The topological polar surface area (TPSA) is 108 Å². The lowest BCUT2D eigenvalue weighted by Gasteiger charge is -2.05. The molecule has 0 aliphatic carbocycles. The third kappa shape index (κ3) is 2.82. The first kappa shape index (κ1) is 17.7. The molecule has 0 unspecified atom stereocenters. The molecule has 0 bridgehead atoms. The lowest BCUT2D eigenvalue weighted by molar-refractivity contribution is 0.102. The van der Waals surface area contributed by atoms with Gasteiger partial charge in [0.1, 0.15) is 11.5 Å². The summed E-state index contributed by atoms with van der Waals surface area (Å²) in [5, 5.41) is 12.2. The number of rotatable bonds is 3. The summed E-state index contributed by atoms with van der Waals surface area (Å²) in [6, 6.07) is 9.40. The predicted molar refractivity (Wildman–Crippen MR) is 105 cm³/mol. The molecule has 0 radical (unpaired) electrons. The highest BCUT2D eigenvalue weighted by Gasteiger charge is 2.19. The number of hydrogen-bond acceptors (Lipinski definition) is 4. The van der Waals surface area contributed by atoms with E-state index in [1.54, 1.807) is 4.52 Å². The summed E-state index contributed by atoms with van der Waals surface area (Å²) in [6.07, 6.45) is 3.06. The maximum atomic E-state index is 14.9. The van der Waals surface area contributed by atoms with Gasteiger partial charge in [-0.15, -0.1) is 0 Å². The molecule has 0 fully saturated rings. The van der Waals surface area contributed by atoms with E-state index in [4.69, 9.17) is 0 Å². The van der Waals surface area contributed by atoms with Gasteiger partial charge in [-0.25, -0.2) is 13.8 Å². The van der Waals surface area contributed by atoms with E-state index in [2.05, 4.69) is 25.6 Å². The summed E-state index contributed by atoms with van der Waals surface area (Å²) in [7, 11) is 0. The average Bonchev–Trinajstić information content (AvgIpc) is 3.31. The minimum Gasteiger partial charge on any atom is -0.304 e. The molecule has 8 nitrogen and oxygen atoms in total. The van der Waals surface area contributed by atoms with Crippen LogP contribution < -0.4 is 10.7 Å². The highest BCUT2D eigenvalue weighted by molar-refractivity contribution is 6.07. The van der Waals surface area contributed by atoms with Gasteiger partial charge in [0, 0.05) is 30.1 Å². The van der Waals surface area contributed by atoms with Crippen LogP contribution in [-0.2, 0) is 0 Å². The van der Waals surface area contributed by atoms with Crippen molar-refractivity contribution in [2.45, 2.75) is 0 Å². The Hall–Kier alpha value is -4.34. The van der Waals surface area contributed by atoms with Crippen LogP contribution in [-0.4, -0.2) is 30.7 Å². The summed E-state index contributed by atoms with van der Waals surface area (Å²) in [4.78, 5) is 28.3. The molecule has 5 rings (SSSR count). The standard InChI is InChI=1S/C20H12F2N6O2/c21-14-4-2-1-3-11(14)20(30)25-19-12-8-15(22)17(24-18(12)26-27-19)13-9-23-28-6-5-10(29)7-16(13)28/h1-9,23H,(H2,24,25,26,27,30). The quantitative estimate of drug-likeness (QED) is 0.428. The van der Waals surface area contributed by atoms with Crippen molar-refractivity contribution < 1.29 is 13.6 Å². The van der Waals surface area contributed by atoms with Crippen LogP contribution in [0.4, 0.5) is 14.6 Å². The second-order valence-corrected chi connectivity index (χ2v) is 6.53. The molecule has 3 N–H and O–H groups in total. The first-order chi connectivity index (χ1) is 14.5. The Labute approximate surface area is 166 Å². The average molecular weight is 406 g/mol. The third-order valence-electron chi connectivity index (χ3n) is 4.66. The summed E-state index contributed by atoms with van der Waals surface area (Å²) in [6.45, 7) is 0. The molecule has 30 heavy (non-hydrogen) atoms. The molecule has 148 valence electrons. The van der Waals surface area contributed by atoms with E-state index in [1.807, 2.05) is 0 Å². The number of nitrogens with one attached hydrogen (secondary N) is 3. The Morgan fingerprint density at radius 2 is 1.93 bits per heavy atom. The predicted octanol–water partition coefficient (Wildman–Crippen LogP) is 3.10. The molecule has 4 aromatic heterocycles. The number of carbonyl (C=O) groups excluding carboxylic acids is 1. The maximum Gasteiger partial charge on any atom is 0.259 e. The van der Waals surface area contributed by atoms with Gasteiger partial charge in [0.15, 0.2) is 22.7 Å². The molecule has 0 saturated heterocycles. The Kier molecular flexibility index (Phi) is 3.91. The zero-order valence-electron chi connectivity index (χ0n) is 15.1. The van der Waals surface area contributed by atoms with Crippen molar-refractivity contribution in [2.24, 2.45) is 0 Å². The van der Waals surface area contributed by atoms with Gasteiger partial charge in [0.25, 0.3) is 5.91 Å². The van der Waals surface area contributed by atoms with Crippen molar-refractivity contribution in [3.05, 3.63) is 82.3 Å². The Balaban J connectivity index is 1.56. The van der Waals surface area contributed by atoms with Gasteiger partial charge in [-0.2, -0.15) is 5.10 Å². The Morgan fingerprint density at radius 3 is 2.77 bits per heavy atom. The lowest BCUT2D eigenvalue weighted by Crippen LogP contribution is -2.14. The summed E-state index contributed by atoms with van der Waals surface area (Å²) < 4.78 is 30.3. The van der Waals surface area contributed by atoms with Crippen molar-refractivity contribution >= 4 is 28.3 Å². The smallest absolute Gasteiger partial charge is 0.259 e. The highest BCUT2D eigenvalue weighted by atomic mass is 19.1. The van der Waals surface area contributed by atoms with Crippen LogP contribution in [0.1, 0.15) is 10.4 Å². The van der Waals surface area contributed by atoms with Gasteiger partial charge in [0.2, 0.25) is 0 Å². The molecule has 4 heterocycles. The van der Waals surface area contributed by atoms with Crippen LogP contribution in [0.25, 0.3) is 27.8 Å². The largest absolute Gasteiger partial charge is 0.304 e. The van der Waals surface area contributed by atoms with Crippen molar-refractivity contribution in [2.75, 3.05) is 5.32 Å². The number of halogens is 2. The van der Waals surface area contributed by atoms with E-state index in [0.29, 0.717) is 11.1 Å². The van der Waals surface area contributed by atoms with E-state index in [-0.39, 0.29) is 33.5 Å². The molecule has 1 amide bonds. The van der Waals surface area contributed by atoms with Crippen LogP contribution in [0.3, 0.4) is 0 Å². The van der Waals surface area contributed by atoms with E-state index in [1.165, 1.54) is 48.8 Å². The Morgan fingerprint density at radius 1 is 1.10 bits per heavy atom. The number of nitrogens with zero attached hydrogens (tertiary/aromatic N) is 3. The molecule has 0 aliphatic heterocycles. The first-order valence-corrected chi connectivity index (χ1v) is 8.82. The van der Waals surface area contributed by atoms with E-state index in [9.17, 15) is 18.4 Å². The molecule has 5 aromatic rings. The summed E-state index contributed by atoms with van der Waals surface area (Å²) in [5.41, 5.74) is 0.676. The zero-order chi connectivity index (χ0) is 20.8. The number of amides is 1. The second kappa shape index (κ2) is 6.62. The van der Waals surface area contributed by atoms with Gasteiger partial charge < -0.3 is 10.4 Å². The molecular weight excluding hydrogens is 394 g/mol. The molecule has 0 aliphatic rings. The molecular formula is C20H12F2N6O2. The Bertz CT molecular complexity index is 1500. The fourth-order valence-electron chi connectivity index (χ4n) is 3.23. The highest BCUT2D eigenvalue weighted by Crippen LogP contribution is 2.29. The van der Waals surface area contributed by atoms with Crippen LogP contribution in [0.15, 0.2) is 59.7 Å². The fourth-order valence-corrected chi connectivity index (χ4v) is 3.23. The van der Waals surface area contributed by atoms with Crippen molar-refractivity contribution in [1.29, 1.82) is 0 Å². The number of anilines is 1. The third-order valence-corrected chi connectivity index (χ3v) is 4.66. The van der Waals surface area contributed by atoms with Crippen molar-refractivity contribution in [3.63, 3.8) is 0 Å². The molecule has 0 spiro atoms. The SMILES string of the molecule is O=C(Nc1n[nH]c2nc(-c3c[nH]n4ccc(=O)cc34)c(F)cc12)c1ccccc1F. The molecule has 1 aromatic carbocycles. The number of H-pyrrole nitrogens is 2. The van der Waals surface area contributed by atoms with Gasteiger partial charge in [-0.05, 0) is 18.2 Å². The number of pyridine rings is 2. The molecule has 0 atom stereocenters. The van der Waals surface area contributed by atoms with Gasteiger partial charge in [-0.3, -0.25) is 19.2 Å². The van der Waals surface area contributed by atoms with E-state index < -0.39 is 17.5 Å². The fraction of sp³-hybridized carbons (Fsp3) is 0. The van der Waals surface area contributed by atoms with Crippen LogP contribution in [0.5, 0.6) is 0 Å². The molecule has 0 saturated carbocycles. The second-order valence-electron chi connectivity index (χ2n) is 6.53. The lowest BCUT2D eigenvalue weighted by atomic mass is 10.1. The normalized spacial score (nSPS) is 11.3. The van der Waals surface area contributed by atoms with Crippen molar-refractivity contribution in [3.8, 4) is 11.3 Å². The summed E-state index contributed by atoms with van der Waals surface area (Å²) >= 11 is 0. The zero-order valence-corrected chi connectivity index (χ0v) is 15.1. The minimum atomic E-state index is -0.720. The van der Waals surface area contributed by atoms with Crippen LogP contribution >= 0.6 is 0 Å². The van der Waals surface area contributed by atoms with Gasteiger partial charge >= 0.3 is 0 Å². The number of benzene rings is 1. The number of fused-ring (bicyclic) bond motifs is 2. The summed E-state index contributed by atoms with van der Waals surface area (Å²) in [5.74, 6) is -2.06.